The van der Waals surface area contributed by atoms with Gasteiger partial charge in [0.1, 0.15) is 5.82 Å². The highest BCUT2D eigenvalue weighted by Gasteiger charge is 2.32. The van der Waals surface area contributed by atoms with Crippen LogP contribution in [0.25, 0.3) is 0 Å². The van der Waals surface area contributed by atoms with E-state index in [9.17, 15) is 9.18 Å². The topological polar surface area (TPSA) is 49.3 Å². The van der Waals surface area contributed by atoms with E-state index < -0.39 is 5.97 Å². The number of halogens is 1. The average Bonchev–Trinajstić information content (AvgIpc) is 2.82. The van der Waals surface area contributed by atoms with Crippen molar-refractivity contribution in [3.05, 3.63) is 35.1 Å². The highest BCUT2D eigenvalue weighted by molar-refractivity contribution is 5.70. The van der Waals surface area contributed by atoms with E-state index in [1.165, 1.54) is 6.07 Å². The lowest BCUT2D eigenvalue weighted by Gasteiger charge is -2.16. The maximum absolute atomic E-state index is 13.4. The number of aryl methyl sites for hydroxylation is 1. The molecule has 19 heavy (non-hydrogen) atoms. The molecule has 1 saturated carbocycles. The number of hydrogen-bond acceptors (Lipinski definition) is 2. The van der Waals surface area contributed by atoms with Gasteiger partial charge in [-0.05, 0) is 49.4 Å². The van der Waals surface area contributed by atoms with Crippen LogP contribution in [0.4, 0.5) is 4.39 Å². The largest absolute Gasteiger partial charge is 0.481 e. The minimum Gasteiger partial charge on any atom is -0.481 e. The fourth-order valence-electron chi connectivity index (χ4n) is 2.75. The molecule has 2 unspecified atom stereocenters. The van der Waals surface area contributed by atoms with Gasteiger partial charge in [-0.25, -0.2) is 4.39 Å². The highest BCUT2D eigenvalue weighted by atomic mass is 19.1. The third kappa shape index (κ3) is 3.53. The Morgan fingerprint density at radius 1 is 1.47 bits per heavy atom. The van der Waals surface area contributed by atoms with Gasteiger partial charge >= 0.3 is 5.97 Å². The third-order valence-electron chi connectivity index (χ3n) is 3.95. The predicted octanol–water partition coefficient (Wildman–Crippen LogP) is 2.72. The quantitative estimate of drug-likeness (QED) is 0.860. The number of aliphatic carboxylic acids is 1. The third-order valence-corrected chi connectivity index (χ3v) is 3.95. The lowest BCUT2D eigenvalue weighted by atomic mass is 9.96. The van der Waals surface area contributed by atoms with Crippen molar-refractivity contribution in [1.82, 2.24) is 5.32 Å². The maximum Gasteiger partial charge on any atom is 0.306 e. The Kier molecular flexibility index (Phi) is 4.53. The maximum atomic E-state index is 13.4. The van der Waals surface area contributed by atoms with Gasteiger partial charge in [0, 0.05) is 6.54 Å². The zero-order valence-corrected chi connectivity index (χ0v) is 11.2. The summed E-state index contributed by atoms with van der Waals surface area (Å²) in [5.74, 6) is -0.899. The number of benzene rings is 1. The molecule has 1 aromatic carbocycles. The van der Waals surface area contributed by atoms with Crippen molar-refractivity contribution in [2.24, 2.45) is 11.8 Å². The molecule has 0 bridgehead atoms. The molecule has 1 aliphatic carbocycles. The Hall–Kier alpha value is -1.42. The van der Waals surface area contributed by atoms with Crippen molar-refractivity contribution in [2.75, 3.05) is 6.54 Å². The van der Waals surface area contributed by atoms with Crippen LogP contribution in [0.1, 0.15) is 30.4 Å². The van der Waals surface area contributed by atoms with Gasteiger partial charge in [-0.15, -0.1) is 0 Å². The Balaban J connectivity index is 1.83. The lowest BCUT2D eigenvalue weighted by molar-refractivity contribution is -0.142. The van der Waals surface area contributed by atoms with Crippen molar-refractivity contribution in [3.63, 3.8) is 0 Å². The van der Waals surface area contributed by atoms with Crippen LogP contribution in [-0.2, 0) is 11.3 Å². The molecule has 2 rings (SSSR count). The van der Waals surface area contributed by atoms with E-state index in [2.05, 4.69) is 5.32 Å². The summed E-state index contributed by atoms with van der Waals surface area (Å²) in [6.45, 7) is 3.01. The molecule has 104 valence electrons. The van der Waals surface area contributed by atoms with Gasteiger partial charge in [-0.2, -0.15) is 0 Å². The second kappa shape index (κ2) is 6.15. The molecule has 0 saturated heterocycles. The molecule has 0 aliphatic heterocycles. The van der Waals surface area contributed by atoms with Crippen molar-refractivity contribution in [2.45, 2.75) is 32.7 Å². The van der Waals surface area contributed by atoms with E-state index in [4.69, 9.17) is 5.11 Å². The minimum atomic E-state index is -0.689. The van der Waals surface area contributed by atoms with E-state index in [0.29, 0.717) is 18.7 Å². The SMILES string of the molecule is Cc1ccc(CNCC2CCCC2C(=O)O)cc1F. The zero-order valence-electron chi connectivity index (χ0n) is 11.2. The summed E-state index contributed by atoms with van der Waals surface area (Å²) in [6.07, 6.45) is 2.73. The van der Waals surface area contributed by atoms with Crippen molar-refractivity contribution in [3.8, 4) is 0 Å². The Morgan fingerprint density at radius 3 is 2.95 bits per heavy atom. The zero-order chi connectivity index (χ0) is 13.8. The molecular formula is C15H20FNO2. The number of carboxylic acids is 1. The molecule has 2 N–H and O–H groups in total. The monoisotopic (exact) mass is 265 g/mol. The number of carboxylic acid groups (broad SMARTS) is 1. The Bertz CT molecular complexity index is 461. The van der Waals surface area contributed by atoms with Crippen LogP contribution in [0, 0.1) is 24.6 Å². The van der Waals surface area contributed by atoms with Gasteiger partial charge in [0.15, 0.2) is 0 Å². The number of rotatable bonds is 5. The van der Waals surface area contributed by atoms with E-state index >= 15 is 0 Å². The Morgan fingerprint density at radius 2 is 2.26 bits per heavy atom. The minimum absolute atomic E-state index is 0.191. The first-order chi connectivity index (χ1) is 9.08. The van der Waals surface area contributed by atoms with Crippen LogP contribution in [0.5, 0.6) is 0 Å². The fourth-order valence-corrected chi connectivity index (χ4v) is 2.75. The second-order valence-corrected chi connectivity index (χ2v) is 5.35. The molecule has 0 spiro atoms. The summed E-state index contributed by atoms with van der Waals surface area (Å²) < 4.78 is 13.4. The molecule has 1 aromatic rings. The van der Waals surface area contributed by atoms with Gasteiger partial charge in [0.05, 0.1) is 5.92 Å². The summed E-state index contributed by atoms with van der Waals surface area (Å²) >= 11 is 0. The normalized spacial score (nSPS) is 22.6. The summed E-state index contributed by atoms with van der Waals surface area (Å²) in [5.41, 5.74) is 1.54. The highest BCUT2D eigenvalue weighted by Crippen LogP contribution is 2.31. The van der Waals surface area contributed by atoms with Crippen molar-refractivity contribution < 1.29 is 14.3 Å². The summed E-state index contributed by atoms with van der Waals surface area (Å²) in [7, 11) is 0. The van der Waals surface area contributed by atoms with Crippen molar-refractivity contribution >= 4 is 5.97 Å². The number of nitrogens with one attached hydrogen (secondary N) is 1. The van der Waals surface area contributed by atoms with Crippen LogP contribution in [0.15, 0.2) is 18.2 Å². The van der Waals surface area contributed by atoms with Crippen LogP contribution in [0.3, 0.4) is 0 Å². The molecule has 3 nitrogen and oxygen atoms in total. The van der Waals surface area contributed by atoms with E-state index in [1.807, 2.05) is 6.07 Å². The first-order valence-electron chi connectivity index (χ1n) is 6.76. The molecule has 1 aliphatic rings. The van der Waals surface area contributed by atoms with Crippen molar-refractivity contribution in [1.29, 1.82) is 0 Å². The molecule has 0 aromatic heterocycles. The average molecular weight is 265 g/mol. The Labute approximate surface area is 112 Å². The smallest absolute Gasteiger partial charge is 0.306 e. The first kappa shape index (κ1) is 14.0. The molecule has 4 heteroatoms. The predicted molar refractivity (Wildman–Crippen MR) is 71.3 cm³/mol. The van der Waals surface area contributed by atoms with E-state index in [0.717, 1.165) is 24.8 Å². The van der Waals surface area contributed by atoms with Crippen LogP contribution < -0.4 is 5.32 Å². The molecular weight excluding hydrogens is 245 g/mol. The van der Waals surface area contributed by atoms with Gasteiger partial charge < -0.3 is 10.4 Å². The summed E-state index contributed by atoms with van der Waals surface area (Å²) in [5, 5.41) is 12.3. The standard InChI is InChI=1S/C15H20FNO2/c1-10-5-6-11(7-14(10)16)8-17-9-12-3-2-4-13(12)15(18)19/h5-7,12-13,17H,2-4,8-9H2,1H3,(H,18,19). The summed E-state index contributed by atoms with van der Waals surface area (Å²) in [6, 6.07) is 5.20. The molecule has 2 atom stereocenters. The van der Waals surface area contributed by atoms with E-state index in [1.54, 1.807) is 13.0 Å². The van der Waals surface area contributed by atoms with Gasteiger partial charge in [0.25, 0.3) is 0 Å². The molecule has 0 radical (unpaired) electrons. The van der Waals surface area contributed by atoms with Gasteiger partial charge in [-0.3, -0.25) is 4.79 Å². The van der Waals surface area contributed by atoms with Crippen LogP contribution in [-0.4, -0.2) is 17.6 Å². The first-order valence-corrected chi connectivity index (χ1v) is 6.76. The summed E-state index contributed by atoms with van der Waals surface area (Å²) in [4.78, 5) is 11.0. The molecule has 0 heterocycles. The second-order valence-electron chi connectivity index (χ2n) is 5.35. The lowest BCUT2D eigenvalue weighted by Crippen LogP contribution is -2.28. The molecule has 1 fully saturated rings. The van der Waals surface area contributed by atoms with Gasteiger partial charge in [0.2, 0.25) is 0 Å². The fraction of sp³-hybridized carbons (Fsp3) is 0.533. The van der Waals surface area contributed by atoms with Gasteiger partial charge in [-0.1, -0.05) is 18.6 Å². The molecule has 0 amide bonds. The van der Waals surface area contributed by atoms with Crippen LogP contribution in [0.2, 0.25) is 0 Å². The van der Waals surface area contributed by atoms with Crippen LogP contribution >= 0.6 is 0 Å². The number of hydrogen-bond donors (Lipinski definition) is 2. The van der Waals surface area contributed by atoms with E-state index in [-0.39, 0.29) is 17.7 Å². The number of carbonyl (C=O) groups is 1.